The quantitative estimate of drug-likeness (QED) is 0.353. The fourth-order valence-corrected chi connectivity index (χ4v) is 8.39. The minimum atomic E-state index is -1.00. The molecule has 0 radical (unpaired) electrons. The number of hydrogen-bond acceptors (Lipinski definition) is 6. The Bertz CT molecular complexity index is 1190. The molecule has 36 heavy (non-hydrogen) atoms. The smallest absolute Gasteiger partial charge is 0.374 e. The number of esters is 1. The van der Waals surface area contributed by atoms with Gasteiger partial charge in [-0.15, -0.1) is 11.6 Å². The molecule has 1 aromatic rings. The summed E-state index contributed by atoms with van der Waals surface area (Å²) in [5.41, 5.74) is 0.348. The molecule has 0 spiro atoms. The number of halogens is 1. The molecule has 6 nitrogen and oxygen atoms in total. The number of alkyl halides is 1. The SMILES string of the molecule is C[C@@H]1C[C@H]2[C@@H]3CCC4=CC(=O)C(CC#CCO)=C[C@]4(C)[C@@]3(Cl)[C@@H](O)C[C@]2(C)[C@H]1OC(=O)c1ccco1. The van der Waals surface area contributed by atoms with Crippen molar-refractivity contribution in [2.75, 3.05) is 6.61 Å². The Morgan fingerprint density at radius 1 is 1.31 bits per heavy atom. The van der Waals surface area contributed by atoms with Crippen molar-refractivity contribution in [3.8, 4) is 11.8 Å². The number of hydrogen-bond donors (Lipinski definition) is 2. The number of fused-ring (bicyclic) bond motifs is 5. The van der Waals surface area contributed by atoms with Crippen LogP contribution in [-0.2, 0) is 9.53 Å². The molecule has 1 heterocycles. The van der Waals surface area contributed by atoms with Crippen molar-refractivity contribution in [1.29, 1.82) is 0 Å². The van der Waals surface area contributed by atoms with Crippen molar-refractivity contribution in [3.63, 3.8) is 0 Å². The first-order valence-corrected chi connectivity index (χ1v) is 13.1. The van der Waals surface area contributed by atoms with E-state index in [1.165, 1.54) is 6.26 Å². The average Bonchev–Trinajstić information content (AvgIpc) is 3.44. The average molecular weight is 513 g/mol. The maximum atomic E-state index is 12.8. The molecule has 8 atom stereocenters. The monoisotopic (exact) mass is 512 g/mol. The molecule has 4 aliphatic rings. The molecule has 5 rings (SSSR count). The van der Waals surface area contributed by atoms with Crippen LogP contribution in [-0.4, -0.2) is 45.7 Å². The molecule has 192 valence electrons. The van der Waals surface area contributed by atoms with Gasteiger partial charge in [-0.3, -0.25) is 4.79 Å². The summed E-state index contributed by atoms with van der Waals surface area (Å²) in [7, 11) is 0. The number of carbonyl (C=O) groups is 2. The van der Waals surface area contributed by atoms with Crippen LogP contribution in [0.1, 0.15) is 63.4 Å². The molecule has 3 saturated carbocycles. The van der Waals surface area contributed by atoms with Gasteiger partial charge in [0.05, 0.1) is 17.2 Å². The van der Waals surface area contributed by atoms with Gasteiger partial charge in [-0.05, 0) is 61.6 Å². The topological polar surface area (TPSA) is 97.0 Å². The summed E-state index contributed by atoms with van der Waals surface area (Å²) in [5.74, 6) is 5.27. The largest absolute Gasteiger partial charge is 0.457 e. The number of ether oxygens (including phenoxy) is 1. The minimum Gasteiger partial charge on any atom is -0.457 e. The van der Waals surface area contributed by atoms with Crippen LogP contribution in [0.25, 0.3) is 0 Å². The van der Waals surface area contributed by atoms with E-state index in [4.69, 9.17) is 25.9 Å². The molecule has 2 N–H and O–H groups in total. The Labute approximate surface area is 216 Å². The Morgan fingerprint density at radius 3 is 2.78 bits per heavy atom. The third kappa shape index (κ3) is 3.55. The Balaban J connectivity index is 1.50. The summed E-state index contributed by atoms with van der Waals surface area (Å²) in [6, 6.07) is 3.25. The highest BCUT2D eigenvalue weighted by atomic mass is 35.5. The highest BCUT2D eigenvalue weighted by molar-refractivity contribution is 6.26. The lowest BCUT2D eigenvalue weighted by molar-refractivity contribution is -0.121. The highest BCUT2D eigenvalue weighted by Gasteiger charge is 2.70. The zero-order chi connectivity index (χ0) is 25.9. The maximum Gasteiger partial charge on any atom is 0.374 e. The van der Waals surface area contributed by atoms with E-state index < -0.39 is 27.8 Å². The van der Waals surface area contributed by atoms with Gasteiger partial charge in [0.25, 0.3) is 0 Å². The molecule has 0 aromatic carbocycles. The van der Waals surface area contributed by atoms with Crippen LogP contribution in [0.15, 0.2) is 46.1 Å². The number of ketones is 1. The van der Waals surface area contributed by atoms with Crippen molar-refractivity contribution in [2.45, 2.75) is 70.0 Å². The van der Waals surface area contributed by atoms with Crippen molar-refractivity contribution >= 4 is 23.4 Å². The van der Waals surface area contributed by atoms with Crippen LogP contribution >= 0.6 is 11.6 Å². The summed E-state index contributed by atoms with van der Waals surface area (Å²) in [6.07, 6.45) is 6.76. The van der Waals surface area contributed by atoms with Crippen molar-refractivity contribution < 1.29 is 29.0 Å². The van der Waals surface area contributed by atoms with Crippen LogP contribution in [0, 0.1) is 40.4 Å². The zero-order valence-corrected chi connectivity index (χ0v) is 21.7. The summed E-state index contributed by atoms with van der Waals surface area (Å²) >= 11 is 7.58. The van der Waals surface area contributed by atoms with E-state index >= 15 is 0 Å². The van der Waals surface area contributed by atoms with Crippen LogP contribution in [0.3, 0.4) is 0 Å². The number of aliphatic hydroxyl groups is 2. The molecule has 3 fully saturated rings. The predicted molar refractivity (Wildman–Crippen MR) is 134 cm³/mol. The number of furan rings is 1. The first-order valence-electron chi connectivity index (χ1n) is 12.7. The number of rotatable bonds is 3. The van der Waals surface area contributed by atoms with Crippen LogP contribution < -0.4 is 0 Å². The predicted octanol–water partition coefficient (Wildman–Crippen LogP) is 4.45. The van der Waals surface area contributed by atoms with Gasteiger partial charge in [0.15, 0.2) is 5.78 Å². The third-order valence-corrected chi connectivity index (χ3v) is 10.4. The van der Waals surface area contributed by atoms with Crippen molar-refractivity contribution in [3.05, 3.63) is 47.5 Å². The van der Waals surface area contributed by atoms with E-state index in [1.807, 2.05) is 13.0 Å². The summed E-state index contributed by atoms with van der Waals surface area (Å²) in [4.78, 5) is 24.6. The van der Waals surface area contributed by atoms with Crippen LogP contribution in [0.4, 0.5) is 0 Å². The molecule has 0 saturated heterocycles. The fraction of sp³-hybridized carbons (Fsp3) is 0.586. The van der Waals surface area contributed by atoms with E-state index in [0.29, 0.717) is 12.0 Å². The second-order valence-corrected chi connectivity index (χ2v) is 12.0. The molecule has 0 bridgehead atoms. The van der Waals surface area contributed by atoms with Gasteiger partial charge in [0.2, 0.25) is 5.76 Å². The van der Waals surface area contributed by atoms with E-state index in [9.17, 15) is 14.7 Å². The summed E-state index contributed by atoms with van der Waals surface area (Å²) in [5, 5.41) is 20.8. The molecular weight excluding hydrogens is 480 g/mol. The van der Waals surface area contributed by atoms with Crippen LogP contribution in [0.5, 0.6) is 0 Å². The van der Waals surface area contributed by atoms with Gasteiger partial charge in [0, 0.05) is 22.8 Å². The standard InChI is InChI=1S/C29H33ClO6/c1-17-13-21-20-10-9-19-14-22(32)18(7-4-5-11-31)15-28(19,3)29(20,30)24(33)16-27(21,2)25(17)36-26(34)23-8-6-12-35-23/h6,8,12,14-15,17,20-21,24-25,31,33H,7,9-11,13,16H2,1-3H3/t17-,20+,21+,24+,25+,27+,28+,29+/m1/s1. The van der Waals surface area contributed by atoms with E-state index in [2.05, 4.69) is 25.7 Å². The normalized spacial score (nSPS) is 41.2. The van der Waals surface area contributed by atoms with E-state index in [1.54, 1.807) is 18.2 Å². The number of carbonyl (C=O) groups excluding carboxylic acids is 2. The van der Waals surface area contributed by atoms with Gasteiger partial charge in [-0.1, -0.05) is 44.3 Å². The first-order chi connectivity index (χ1) is 17.1. The fourth-order valence-electron chi connectivity index (χ4n) is 7.88. The lowest BCUT2D eigenvalue weighted by Gasteiger charge is -2.63. The van der Waals surface area contributed by atoms with Gasteiger partial charge in [0.1, 0.15) is 12.7 Å². The number of aliphatic hydroxyl groups excluding tert-OH is 2. The minimum absolute atomic E-state index is 0.0286. The van der Waals surface area contributed by atoms with Crippen molar-refractivity contribution in [1.82, 2.24) is 0 Å². The second kappa shape index (κ2) is 8.90. The van der Waals surface area contributed by atoms with E-state index in [0.717, 1.165) is 24.8 Å². The van der Waals surface area contributed by atoms with Gasteiger partial charge in [-0.2, -0.15) is 0 Å². The van der Waals surface area contributed by atoms with Gasteiger partial charge >= 0.3 is 5.97 Å². The Morgan fingerprint density at radius 2 is 2.08 bits per heavy atom. The first kappa shape index (κ1) is 25.3. The molecule has 7 heteroatoms. The van der Waals surface area contributed by atoms with Gasteiger partial charge < -0.3 is 19.4 Å². The summed E-state index contributed by atoms with van der Waals surface area (Å²) < 4.78 is 11.3. The van der Waals surface area contributed by atoms with Crippen LogP contribution in [0.2, 0.25) is 0 Å². The molecule has 0 amide bonds. The lowest BCUT2D eigenvalue weighted by Crippen LogP contribution is -2.66. The Kier molecular flexibility index (Phi) is 6.26. The molecule has 4 aliphatic carbocycles. The van der Waals surface area contributed by atoms with Gasteiger partial charge in [-0.25, -0.2) is 4.79 Å². The highest BCUT2D eigenvalue weighted by Crippen LogP contribution is 2.69. The van der Waals surface area contributed by atoms with E-state index in [-0.39, 0.29) is 48.4 Å². The summed E-state index contributed by atoms with van der Waals surface area (Å²) in [6.45, 7) is 5.98. The molecular formula is C29H33ClO6. The third-order valence-electron chi connectivity index (χ3n) is 9.49. The second-order valence-electron chi connectivity index (χ2n) is 11.4. The number of allylic oxidation sites excluding steroid dienone is 4. The molecule has 0 aliphatic heterocycles. The maximum absolute atomic E-state index is 12.8. The lowest BCUT2D eigenvalue weighted by atomic mass is 9.46. The van der Waals surface area contributed by atoms with Crippen molar-refractivity contribution in [2.24, 2.45) is 28.6 Å². The zero-order valence-electron chi connectivity index (χ0n) is 20.9. The molecule has 0 unspecified atom stereocenters. The molecule has 1 aromatic heterocycles. The Hall–Kier alpha value is -2.33.